The number of aryl methyl sites for hydroxylation is 1. The molecule has 0 radical (unpaired) electrons. The quantitative estimate of drug-likeness (QED) is 0.0417. The third kappa shape index (κ3) is 13.0. The molecule has 1 fully saturated rings. The fourth-order valence-corrected chi connectivity index (χ4v) is 8.90. The number of unbranched alkanes of at least 4 members (excludes halogenated alkanes) is 3. The zero-order valence-corrected chi connectivity index (χ0v) is 37.5. The summed E-state index contributed by atoms with van der Waals surface area (Å²) in [4.78, 5) is 44.8. The van der Waals surface area contributed by atoms with Gasteiger partial charge in [0.15, 0.2) is 0 Å². The molecule has 0 aliphatic heterocycles. The van der Waals surface area contributed by atoms with Gasteiger partial charge in [-0.15, -0.1) is 0 Å². The van der Waals surface area contributed by atoms with Gasteiger partial charge in [0, 0.05) is 60.2 Å². The lowest BCUT2D eigenvalue weighted by atomic mass is 9.88. The number of nitrogens with one attached hydrogen (secondary N) is 3. The van der Waals surface area contributed by atoms with E-state index < -0.39 is 12.2 Å². The highest BCUT2D eigenvalue weighted by Crippen LogP contribution is 2.38. The van der Waals surface area contributed by atoms with Crippen LogP contribution in [-0.4, -0.2) is 76.5 Å². The minimum Gasteiger partial charge on any atom is -0.506 e. The normalized spacial score (nSPS) is 15.2. The number of aliphatic hydroxyl groups excluding tert-OH is 1. The van der Waals surface area contributed by atoms with Gasteiger partial charge >= 0.3 is 6.09 Å². The van der Waals surface area contributed by atoms with E-state index in [1.807, 2.05) is 48.5 Å². The summed E-state index contributed by atoms with van der Waals surface area (Å²) in [5.74, 6) is 0.196. The van der Waals surface area contributed by atoms with Crippen LogP contribution in [0.2, 0.25) is 5.02 Å². The van der Waals surface area contributed by atoms with Gasteiger partial charge in [0.1, 0.15) is 11.5 Å². The molecule has 4 aromatic carbocycles. The number of benzene rings is 4. The van der Waals surface area contributed by atoms with Crippen molar-refractivity contribution in [3.63, 3.8) is 0 Å². The average Bonchev–Trinajstić information content (AvgIpc) is 3.26. The molecule has 1 aliphatic rings. The lowest BCUT2D eigenvalue weighted by molar-refractivity contribution is -0.116. The van der Waals surface area contributed by atoms with E-state index in [0.29, 0.717) is 64.1 Å². The first-order valence-corrected chi connectivity index (χ1v) is 22.2. The molecule has 6 N–H and O–H groups in total. The van der Waals surface area contributed by atoms with E-state index in [-0.39, 0.29) is 51.1 Å². The lowest BCUT2D eigenvalue weighted by Crippen LogP contribution is -2.45. The van der Waals surface area contributed by atoms with Crippen LogP contribution in [0.1, 0.15) is 93.9 Å². The predicted octanol–water partition coefficient (Wildman–Crippen LogP) is 9.96. The maximum Gasteiger partial charge on any atom is 0.412 e. The van der Waals surface area contributed by atoms with Gasteiger partial charge in [0.05, 0.1) is 35.1 Å². The van der Waals surface area contributed by atoms with Crippen molar-refractivity contribution in [1.82, 2.24) is 15.2 Å². The summed E-state index contributed by atoms with van der Waals surface area (Å²) in [6.07, 6.45) is 7.84. The van der Waals surface area contributed by atoms with E-state index in [4.69, 9.17) is 16.3 Å². The standard InChI is InChI=1S/C49H60ClN5O7.2FH/c1-4-5-6-10-26-54(2)35-17-19-36(20-18-35)55(49(60)61)42-27-32(16-21-37(42)33-13-8-7-9-14-33)12-11-15-46(58)52-41-29-45(62-3)34(28-40(41)50)30-51-31-44(57)38-22-24-43(56)48-39(38)23-25-47(59)53-48;;/h7-9,13-14,16,21-25,27-29,35-36,44,51,56-57H,4-6,10-12,15,17-20,26,30-31H2,1-3H3,(H,52,58)(H,53,59)(H,60,61);2*1H. The number of carbonyl (C=O) groups is 2. The summed E-state index contributed by atoms with van der Waals surface area (Å²) in [5.41, 5.74) is 5.02. The number of aliphatic hydroxyl groups is 1. The van der Waals surface area contributed by atoms with Crippen LogP contribution in [0.4, 0.5) is 25.6 Å². The van der Waals surface area contributed by atoms with Crippen molar-refractivity contribution < 1.29 is 39.1 Å². The second-order valence-corrected chi connectivity index (χ2v) is 16.8. The molecule has 1 aliphatic carbocycles. The minimum absolute atomic E-state index is 0. The van der Waals surface area contributed by atoms with Crippen LogP contribution in [0.3, 0.4) is 0 Å². The number of fused-ring (bicyclic) bond motifs is 1. The molecule has 0 spiro atoms. The second kappa shape index (κ2) is 24.5. The summed E-state index contributed by atoms with van der Waals surface area (Å²) >= 11 is 6.66. The zero-order chi connectivity index (χ0) is 44.2. The molecule has 1 saturated carbocycles. The van der Waals surface area contributed by atoms with Crippen LogP contribution < -0.4 is 25.8 Å². The number of amides is 2. The number of hydrogen-bond acceptors (Lipinski definition) is 8. The van der Waals surface area contributed by atoms with Gasteiger partial charge in [0.25, 0.3) is 0 Å². The van der Waals surface area contributed by atoms with Gasteiger partial charge in [0.2, 0.25) is 11.5 Å². The Labute approximate surface area is 378 Å². The lowest BCUT2D eigenvalue weighted by Gasteiger charge is -2.39. The van der Waals surface area contributed by atoms with Gasteiger partial charge in [-0.25, -0.2) is 4.79 Å². The molecular weight excluding hydrogens is 844 g/mol. The molecule has 12 nitrogen and oxygen atoms in total. The van der Waals surface area contributed by atoms with Crippen LogP contribution in [0.15, 0.2) is 89.7 Å². The molecule has 1 aromatic heterocycles. The number of hydrogen-bond donors (Lipinski definition) is 6. The number of nitrogens with zero attached hydrogens (tertiary/aromatic N) is 2. The Morgan fingerprint density at radius 2 is 1.66 bits per heavy atom. The number of halogens is 3. The van der Waals surface area contributed by atoms with Gasteiger partial charge in [-0.05, 0) is 99.5 Å². The summed E-state index contributed by atoms with van der Waals surface area (Å²) < 4.78 is 5.63. The first kappa shape index (κ1) is 51.1. The number of ether oxygens (including phenoxy) is 1. The summed E-state index contributed by atoms with van der Waals surface area (Å²) in [5, 5.41) is 38.9. The highest BCUT2D eigenvalue weighted by atomic mass is 35.5. The molecule has 0 bridgehead atoms. The molecule has 0 saturated heterocycles. The number of aromatic hydroxyl groups is 1. The van der Waals surface area contributed by atoms with E-state index in [1.54, 1.807) is 29.2 Å². The van der Waals surface area contributed by atoms with Crippen LogP contribution in [0.5, 0.6) is 11.5 Å². The van der Waals surface area contributed by atoms with E-state index in [2.05, 4.69) is 34.5 Å². The molecule has 1 atom stereocenters. The Hall–Kier alpha value is -5.54. The van der Waals surface area contributed by atoms with Crippen molar-refractivity contribution in [1.29, 1.82) is 0 Å². The van der Waals surface area contributed by atoms with Crippen molar-refractivity contribution in [3.8, 4) is 22.6 Å². The molecule has 2 amide bonds. The maximum atomic E-state index is 13.3. The smallest absolute Gasteiger partial charge is 0.412 e. The minimum atomic E-state index is -0.954. The van der Waals surface area contributed by atoms with Gasteiger partial charge in [-0.1, -0.05) is 86.3 Å². The highest BCUT2D eigenvalue weighted by molar-refractivity contribution is 6.33. The number of anilines is 2. The van der Waals surface area contributed by atoms with Crippen molar-refractivity contribution in [3.05, 3.63) is 117 Å². The summed E-state index contributed by atoms with van der Waals surface area (Å²) in [6.45, 7) is 3.75. The predicted molar refractivity (Wildman–Crippen MR) is 253 cm³/mol. The number of aromatic amines is 1. The van der Waals surface area contributed by atoms with Crippen molar-refractivity contribution in [2.75, 3.05) is 37.5 Å². The molecule has 64 heavy (non-hydrogen) atoms. The maximum absolute atomic E-state index is 13.3. The van der Waals surface area contributed by atoms with Crippen molar-refractivity contribution >= 4 is 45.9 Å². The Bertz CT molecular complexity index is 2360. The SMILES string of the molecule is CCCCCCN(C)C1CCC(N(C(=O)O)c2cc(CCCC(=O)Nc3cc(OC)c(CNCC(O)c4ccc(O)c5[nH]c(=O)ccc45)cc3Cl)ccc2-c2ccccc2)CC1.F.F. The number of phenols is 1. The van der Waals surface area contributed by atoms with Crippen molar-refractivity contribution in [2.45, 2.75) is 102 Å². The van der Waals surface area contributed by atoms with E-state index in [0.717, 1.165) is 48.9 Å². The number of pyridine rings is 1. The fourth-order valence-electron chi connectivity index (χ4n) is 8.66. The molecule has 6 rings (SSSR count). The molecule has 1 unspecified atom stereocenters. The molecular formula is C49H62ClF2N5O7. The number of carboxylic acid groups (broad SMARTS) is 1. The fraction of sp³-hybridized carbons (Fsp3) is 0.408. The van der Waals surface area contributed by atoms with Crippen LogP contribution >= 0.6 is 11.6 Å². The molecule has 15 heteroatoms. The Morgan fingerprint density at radius 3 is 2.36 bits per heavy atom. The molecule has 346 valence electrons. The van der Waals surface area contributed by atoms with E-state index >= 15 is 0 Å². The molecule has 5 aromatic rings. The van der Waals surface area contributed by atoms with Gasteiger partial charge in [-0.3, -0.25) is 23.9 Å². The number of H-pyrrole nitrogens is 1. The summed E-state index contributed by atoms with van der Waals surface area (Å²) in [6, 6.07) is 25.6. The van der Waals surface area contributed by atoms with Gasteiger partial charge < -0.3 is 40.6 Å². The first-order chi connectivity index (χ1) is 30.0. The summed E-state index contributed by atoms with van der Waals surface area (Å²) in [7, 11) is 3.73. The molecule has 1 heterocycles. The highest BCUT2D eigenvalue weighted by Gasteiger charge is 2.33. The van der Waals surface area contributed by atoms with Crippen LogP contribution in [0.25, 0.3) is 22.0 Å². The number of carbonyl (C=O) groups excluding carboxylic acids is 1. The van der Waals surface area contributed by atoms with E-state index in [9.17, 15) is 29.7 Å². The Balaban J connectivity index is 0.00000449. The third-order valence-corrected chi connectivity index (χ3v) is 12.4. The Morgan fingerprint density at radius 1 is 0.922 bits per heavy atom. The number of rotatable bonds is 20. The third-order valence-electron chi connectivity index (χ3n) is 12.1. The largest absolute Gasteiger partial charge is 0.506 e. The van der Waals surface area contributed by atoms with E-state index in [1.165, 1.54) is 44.9 Å². The number of aromatic nitrogens is 1. The zero-order valence-electron chi connectivity index (χ0n) is 36.8. The number of methoxy groups -OCH3 is 1. The Kier molecular flexibility index (Phi) is 19.6. The van der Waals surface area contributed by atoms with Crippen LogP contribution in [-0.2, 0) is 17.8 Å². The average molecular weight is 907 g/mol. The second-order valence-electron chi connectivity index (χ2n) is 16.4. The van der Waals surface area contributed by atoms with Crippen molar-refractivity contribution in [2.24, 2.45) is 0 Å². The topological polar surface area (TPSA) is 167 Å². The van der Waals surface area contributed by atoms with Gasteiger partial charge in [-0.2, -0.15) is 0 Å². The monoisotopic (exact) mass is 905 g/mol. The first-order valence-electron chi connectivity index (χ1n) is 21.8. The number of phenolic OH excluding ortho intramolecular Hbond substituents is 1. The van der Waals surface area contributed by atoms with Crippen LogP contribution in [0, 0.1) is 0 Å².